The van der Waals surface area contributed by atoms with Crippen molar-refractivity contribution in [2.75, 3.05) is 42.9 Å². The highest BCUT2D eigenvalue weighted by Gasteiger charge is 2.22. The zero-order valence-corrected chi connectivity index (χ0v) is 16.3. The molecule has 1 amide bonds. The Morgan fingerprint density at radius 2 is 1.75 bits per heavy atom. The lowest BCUT2D eigenvalue weighted by molar-refractivity contribution is -0.131. The Labute approximate surface area is 168 Å². The van der Waals surface area contributed by atoms with Crippen LogP contribution in [0, 0.1) is 0 Å². The Bertz CT molecular complexity index is 893. The Hall–Kier alpha value is -3.00. The van der Waals surface area contributed by atoms with Gasteiger partial charge in [-0.1, -0.05) is 41.7 Å². The molecule has 0 atom stereocenters. The van der Waals surface area contributed by atoms with Crippen LogP contribution in [0.25, 0.3) is 10.4 Å². The Morgan fingerprint density at radius 3 is 2.50 bits per heavy atom. The van der Waals surface area contributed by atoms with Crippen molar-refractivity contribution in [3.63, 3.8) is 0 Å². The zero-order chi connectivity index (χ0) is 19.2. The number of carbonyl (C=O) groups excluding carboxylic acids is 1. The van der Waals surface area contributed by atoms with Crippen molar-refractivity contribution in [2.45, 2.75) is 6.42 Å². The van der Waals surface area contributed by atoms with E-state index in [4.69, 9.17) is 0 Å². The van der Waals surface area contributed by atoms with Crippen LogP contribution in [0.4, 0.5) is 11.1 Å². The molecule has 2 aromatic heterocycles. The summed E-state index contributed by atoms with van der Waals surface area (Å²) >= 11 is 1.60. The van der Waals surface area contributed by atoms with Crippen LogP contribution in [-0.4, -0.2) is 58.5 Å². The van der Waals surface area contributed by atoms with Crippen molar-refractivity contribution in [2.24, 2.45) is 0 Å². The molecular formula is C20H22N6OS. The highest BCUT2D eigenvalue weighted by atomic mass is 32.1. The Balaban J connectivity index is 1.22. The summed E-state index contributed by atoms with van der Waals surface area (Å²) in [7, 11) is 0. The number of benzene rings is 1. The number of carbonyl (C=O) groups is 1. The molecule has 8 heteroatoms. The van der Waals surface area contributed by atoms with E-state index in [0.29, 0.717) is 26.1 Å². The van der Waals surface area contributed by atoms with Gasteiger partial charge < -0.3 is 15.1 Å². The molecule has 1 fully saturated rings. The van der Waals surface area contributed by atoms with Crippen molar-refractivity contribution in [3.05, 3.63) is 55.0 Å². The normalized spacial score (nSPS) is 14.1. The van der Waals surface area contributed by atoms with Gasteiger partial charge in [0.05, 0.1) is 4.88 Å². The molecule has 0 saturated carbocycles. The van der Waals surface area contributed by atoms with E-state index in [2.05, 4.69) is 37.3 Å². The van der Waals surface area contributed by atoms with Gasteiger partial charge in [-0.15, -0.1) is 0 Å². The molecule has 1 saturated heterocycles. The summed E-state index contributed by atoms with van der Waals surface area (Å²) in [6, 6.07) is 12.0. The second-order valence-electron chi connectivity index (χ2n) is 6.49. The highest BCUT2D eigenvalue weighted by Crippen LogP contribution is 2.28. The van der Waals surface area contributed by atoms with Gasteiger partial charge in [0.25, 0.3) is 0 Å². The van der Waals surface area contributed by atoms with Gasteiger partial charge >= 0.3 is 0 Å². The fourth-order valence-electron chi connectivity index (χ4n) is 3.14. The van der Waals surface area contributed by atoms with Crippen LogP contribution >= 0.6 is 11.3 Å². The summed E-state index contributed by atoms with van der Waals surface area (Å²) in [6.07, 6.45) is 5.82. The van der Waals surface area contributed by atoms with Gasteiger partial charge in [0, 0.05) is 57.7 Å². The summed E-state index contributed by atoms with van der Waals surface area (Å²) < 4.78 is 0. The van der Waals surface area contributed by atoms with Gasteiger partial charge in [0.15, 0.2) is 5.13 Å². The van der Waals surface area contributed by atoms with Gasteiger partial charge in [0.2, 0.25) is 11.9 Å². The number of hydrogen-bond acceptors (Lipinski definition) is 7. The third kappa shape index (κ3) is 4.45. The molecule has 1 aliphatic rings. The minimum atomic E-state index is 0.168. The predicted octanol–water partition coefficient (Wildman–Crippen LogP) is 2.75. The van der Waals surface area contributed by atoms with E-state index in [1.807, 2.05) is 35.4 Å². The summed E-state index contributed by atoms with van der Waals surface area (Å²) in [4.78, 5) is 30.6. The van der Waals surface area contributed by atoms with Gasteiger partial charge in [-0.25, -0.2) is 15.0 Å². The number of nitrogens with one attached hydrogen (secondary N) is 1. The number of hydrogen-bond donors (Lipinski definition) is 1. The quantitative estimate of drug-likeness (QED) is 0.693. The second-order valence-corrected chi connectivity index (χ2v) is 7.52. The van der Waals surface area contributed by atoms with Crippen molar-refractivity contribution >= 4 is 28.3 Å². The first-order valence-corrected chi connectivity index (χ1v) is 10.2. The van der Waals surface area contributed by atoms with Crippen molar-refractivity contribution in [1.82, 2.24) is 19.9 Å². The maximum atomic E-state index is 12.5. The summed E-state index contributed by atoms with van der Waals surface area (Å²) in [5.41, 5.74) is 1.16. The van der Waals surface area contributed by atoms with Gasteiger partial charge in [-0.05, 0) is 11.6 Å². The molecule has 1 aliphatic heterocycles. The summed E-state index contributed by atoms with van der Waals surface area (Å²) in [6.45, 7) is 3.51. The molecule has 3 aromatic rings. The first kappa shape index (κ1) is 18.4. The number of piperazine rings is 1. The molecule has 1 N–H and O–H groups in total. The average Bonchev–Trinajstić information content (AvgIpc) is 3.24. The van der Waals surface area contributed by atoms with E-state index in [9.17, 15) is 4.79 Å². The topological polar surface area (TPSA) is 74.2 Å². The van der Waals surface area contributed by atoms with E-state index >= 15 is 0 Å². The van der Waals surface area contributed by atoms with Gasteiger partial charge in [0.1, 0.15) is 0 Å². The molecule has 28 heavy (non-hydrogen) atoms. The smallest absolute Gasteiger partial charge is 0.225 e. The lowest BCUT2D eigenvalue weighted by Gasteiger charge is -2.34. The third-order valence-electron chi connectivity index (χ3n) is 4.65. The lowest BCUT2D eigenvalue weighted by atomic mass is 10.2. The first-order valence-electron chi connectivity index (χ1n) is 9.34. The molecule has 3 heterocycles. The van der Waals surface area contributed by atoms with E-state index in [1.54, 1.807) is 23.7 Å². The molecule has 144 valence electrons. The number of rotatable bonds is 6. The molecule has 0 unspecified atom stereocenters. The SMILES string of the molecule is O=C(CCNc1ncc(-c2ccccc2)s1)N1CCN(c2ncccn2)CC1. The summed E-state index contributed by atoms with van der Waals surface area (Å²) in [5.74, 6) is 0.898. The van der Waals surface area contributed by atoms with E-state index in [0.717, 1.165) is 34.6 Å². The fourth-order valence-corrected chi connectivity index (χ4v) is 3.98. The van der Waals surface area contributed by atoms with Crippen LogP contribution in [-0.2, 0) is 4.79 Å². The number of amides is 1. The molecule has 0 aliphatic carbocycles. The van der Waals surface area contributed by atoms with Crippen molar-refractivity contribution < 1.29 is 4.79 Å². The number of aromatic nitrogens is 3. The molecule has 0 spiro atoms. The fraction of sp³-hybridized carbons (Fsp3) is 0.300. The zero-order valence-electron chi connectivity index (χ0n) is 15.5. The monoisotopic (exact) mass is 394 g/mol. The molecule has 7 nitrogen and oxygen atoms in total. The van der Waals surface area contributed by atoms with Crippen LogP contribution in [0.15, 0.2) is 55.0 Å². The van der Waals surface area contributed by atoms with Crippen LogP contribution in [0.2, 0.25) is 0 Å². The molecule has 1 aromatic carbocycles. The number of anilines is 2. The maximum Gasteiger partial charge on any atom is 0.225 e. The van der Waals surface area contributed by atoms with Crippen LogP contribution in [0.5, 0.6) is 0 Å². The highest BCUT2D eigenvalue weighted by molar-refractivity contribution is 7.18. The van der Waals surface area contributed by atoms with Crippen LogP contribution in [0.3, 0.4) is 0 Å². The maximum absolute atomic E-state index is 12.5. The molecule has 4 rings (SSSR count). The minimum absolute atomic E-state index is 0.168. The van der Waals surface area contributed by atoms with Crippen molar-refractivity contribution in [3.8, 4) is 10.4 Å². The Kier molecular flexibility index (Phi) is 5.77. The van der Waals surface area contributed by atoms with E-state index in [1.165, 1.54) is 0 Å². The molecule has 0 bridgehead atoms. The molecule has 0 radical (unpaired) electrons. The van der Waals surface area contributed by atoms with Gasteiger partial charge in [-0.3, -0.25) is 4.79 Å². The molecular weight excluding hydrogens is 372 g/mol. The minimum Gasteiger partial charge on any atom is -0.361 e. The number of thiazole rings is 1. The predicted molar refractivity (Wildman–Crippen MR) is 111 cm³/mol. The third-order valence-corrected chi connectivity index (χ3v) is 5.65. The van der Waals surface area contributed by atoms with E-state index in [-0.39, 0.29) is 5.91 Å². The van der Waals surface area contributed by atoms with Crippen LogP contribution < -0.4 is 10.2 Å². The summed E-state index contributed by atoms with van der Waals surface area (Å²) in [5, 5.41) is 4.11. The number of nitrogens with zero attached hydrogens (tertiary/aromatic N) is 5. The Morgan fingerprint density at radius 1 is 1.00 bits per heavy atom. The first-order chi connectivity index (χ1) is 13.8. The average molecular weight is 395 g/mol. The van der Waals surface area contributed by atoms with Crippen LogP contribution in [0.1, 0.15) is 6.42 Å². The van der Waals surface area contributed by atoms with E-state index < -0.39 is 0 Å². The second kappa shape index (κ2) is 8.79. The standard InChI is InChI=1S/C20H22N6OS/c27-18(25-11-13-26(14-12-25)19-21-8-4-9-22-19)7-10-23-20-24-15-17(28-20)16-5-2-1-3-6-16/h1-6,8-9,15H,7,10-14H2,(H,23,24). The lowest BCUT2D eigenvalue weighted by Crippen LogP contribution is -2.49. The van der Waals surface area contributed by atoms with Crippen molar-refractivity contribution in [1.29, 1.82) is 0 Å². The van der Waals surface area contributed by atoms with Gasteiger partial charge in [-0.2, -0.15) is 0 Å². The largest absolute Gasteiger partial charge is 0.361 e.